The topological polar surface area (TPSA) is 64.5 Å². The maximum atomic E-state index is 12.1. The van der Waals surface area contributed by atoms with Crippen LogP contribution in [-0.4, -0.2) is 45.8 Å². The quantitative estimate of drug-likeness (QED) is 0.838. The lowest BCUT2D eigenvalue weighted by molar-refractivity contribution is 0.00719. The van der Waals surface area contributed by atoms with Crippen molar-refractivity contribution in [3.63, 3.8) is 0 Å². The van der Waals surface area contributed by atoms with E-state index in [1.54, 1.807) is 11.0 Å². The third-order valence-electron chi connectivity index (χ3n) is 3.10. The minimum absolute atomic E-state index is 0.0550. The molecule has 1 fully saturated rings. The predicted octanol–water partition coefficient (Wildman–Crippen LogP) is 2.56. The third kappa shape index (κ3) is 4.88. The molecule has 0 spiro atoms. The number of carbonyl (C=O) groups excluding carboxylic acids is 1. The molecule has 1 aliphatic rings. The summed E-state index contributed by atoms with van der Waals surface area (Å²) >= 11 is 0. The summed E-state index contributed by atoms with van der Waals surface area (Å²) in [4.78, 5) is 21.9. The second-order valence-corrected chi connectivity index (χ2v) is 6.31. The van der Waals surface area contributed by atoms with Crippen molar-refractivity contribution in [1.29, 1.82) is 0 Å². The van der Waals surface area contributed by atoms with Gasteiger partial charge in [0.05, 0.1) is 6.54 Å². The summed E-state index contributed by atoms with van der Waals surface area (Å²) in [6.45, 7) is 8.73. The van der Waals surface area contributed by atoms with Gasteiger partial charge < -0.3 is 14.4 Å². The number of nitrogens with zero attached hydrogens (tertiary/aromatic N) is 3. The molecule has 21 heavy (non-hydrogen) atoms. The average molecular weight is 293 g/mol. The molecule has 2 rings (SSSR count). The van der Waals surface area contributed by atoms with E-state index in [1.165, 1.54) is 6.33 Å². The van der Waals surface area contributed by atoms with Crippen LogP contribution in [0.15, 0.2) is 12.4 Å². The molecule has 0 aliphatic carbocycles. The van der Waals surface area contributed by atoms with Gasteiger partial charge in [-0.15, -0.1) is 0 Å². The molecule has 6 nitrogen and oxygen atoms in total. The van der Waals surface area contributed by atoms with Gasteiger partial charge in [-0.05, 0) is 40.5 Å². The van der Waals surface area contributed by atoms with Crippen molar-refractivity contribution >= 4 is 6.09 Å². The van der Waals surface area contributed by atoms with Gasteiger partial charge in [0.25, 0.3) is 0 Å². The lowest BCUT2D eigenvalue weighted by Gasteiger charge is -2.33. The van der Waals surface area contributed by atoms with E-state index in [2.05, 4.69) is 9.97 Å². The summed E-state index contributed by atoms with van der Waals surface area (Å²) in [5, 5.41) is 0. The predicted molar refractivity (Wildman–Crippen MR) is 78.2 cm³/mol. The first-order valence-electron chi connectivity index (χ1n) is 7.27. The van der Waals surface area contributed by atoms with Crippen LogP contribution in [0.3, 0.4) is 0 Å². The number of ether oxygens (including phenoxy) is 2. The molecular weight excluding hydrogens is 270 g/mol. The Labute approximate surface area is 125 Å². The monoisotopic (exact) mass is 293 g/mol. The van der Waals surface area contributed by atoms with E-state index in [9.17, 15) is 4.79 Å². The molecule has 116 valence electrons. The summed E-state index contributed by atoms with van der Waals surface area (Å²) in [7, 11) is 0. The molecule has 0 aromatic carbocycles. The number of likely N-dealkylation sites (tertiary alicyclic amines) is 1. The van der Waals surface area contributed by atoms with Gasteiger partial charge in [0.1, 0.15) is 18.0 Å². The van der Waals surface area contributed by atoms with Gasteiger partial charge in [0.2, 0.25) is 5.88 Å². The molecule has 1 atom stereocenters. The Morgan fingerprint density at radius 1 is 1.38 bits per heavy atom. The van der Waals surface area contributed by atoms with Crippen LogP contribution in [0.5, 0.6) is 5.88 Å². The highest BCUT2D eigenvalue weighted by molar-refractivity contribution is 5.68. The Morgan fingerprint density at radius 2 is 2.14 bits per heavy atom. The van der Waals surface area contributed by atoms with E-state index in [0.717, 1.165) is 18.5 Å². The first-order chi connectivity index (χ1) is 9.83. The van der Waals surface area contributed by atoms with Gasteiger partial charge in [-0.25, -0.2) is 14.8 Å². The first-order valence-corrected chi connectivity index (χ1v) is 7.27. The number of piperidine rings is 1. The Kier molecular flexibility index (Phi) is 4.65. The second-order valence-electron chi connectivity index (χ2n) is 6.31. The molecule has 0 N–H and O–H groups in total. The molecule has 6 heteroatoms. The van der Waals surface area contributed by atoms with Crippen molar-refractivity contribution in [2.45, 2.75) is 52.2 Å². The van der Waals surface area contributed by atoms with E-state index in [0.29, 0.717) is 19.0 Å². The SMILES string of the molecule is Cc1cc(OC2CCCN(C(=O)OC(C)(C)C)C2)ncn1. The minimum atomic E-state index is -0.478. The van der Waals surface area contributed by atoms with Gasteiger partial charge in [0, 0.05) is 18.3 Å². The van der Waals surface area contributed by atoms with Crippen molar-refractivity contribution in [1.82, 2.24) is 14.9 Å². The minimum Gasteiger partial charge on any atom is -0.472 e. The molecular formula is C15H23N3O3. The zero-order valence-electron chi connectivity index (χ0n) is 13.1. The van der Waals surface area contributed by atoms with E-state index in [-0.39, 0.29) is 12.2 Å². The zero-order chi connectivity index (χ0) is 15.5. The van der Waals surface area contributed by atoms with E-state index in [4.69, 9.17) is 9.47 Å². The molecule has 1 aromatic rings. The van der Waals surface area contributed by atoms with Crippen LogP contribution in [-0.2, 0) is 4.74 Å². The normalized spacial score (nSPS) is 19.2. The van der Waals surface area contributed by atoms with Gasteiger partial charge in [0.15, 0.2) is 0 Å². The molecule has 0 radical (unpaired) electrons. The van der Waals surface area contributed by atoms with Crippen LogP contribution in [0.2, 0.25) is 0 Å². The van der Waals surface area contributed by atoms with Crippen LogP contribution in [0.25, 0.3) is 0 Å². The molecule has 2 heterocycles. The number of rotatable bonds is 2. The zero-order valence-corrected chi connectivity index (χ0v) is 13.1. The lowest BCUT2D eigenvalue weighted by Crippen LogP contribution is -2.46. The fraction of sp³-hybridized carbons (Fsp3) is 0.667. The molecule has 0 saturated carbocycles. The van der Waals surface area contributed by atoms with Crippen LogP contribution >= 0.6 is 0 Å². The molecule has 1 saturated heterocycles. The van der Waals surface area contributed by atoms with Crippen LogP contribution in [0.4, 0.5) is 4.79 Å². The van der Waals surface area contributed by atoms with Crippen LogP contribution in [0.1, 0.15) is 39.3 Å². The van der Waals surface area contributed by atoms with Crippen molar-refractivity contribution in [3.8, 4) is 5.88 Å². The fourth-order valence-electron chi connectivity index (χ4n) is 2.19. The number of hydrogen-bond acceptors (Lipinski definition) is 5. The van der Waals surface area contributed by atoms with E-state index in [1.807, 2.05) is 27.7 Å². The molecule has 1 aromatic heterocycles. The molecule has 1 amide bonds. The van der Waals surface area contributed by atoms with E-state index < -0.39 is 5.60 Å². The van der Waals surface area contributed by atoms with E-state index >= 15 is 0 Å². The van der Waals surface area contributed by atoms with Crippen LogP contribution < -0.4 is 4.74 Å². The summed E-state index contributed by atoms with van der Waals surface area (Å²) in [6.07, 6.45) is 2.95. The fourth-order valence-corrected chi connectivity index (χ4v) is 2.19. The molecule has 0 bridgehead atoms. The highest BCUT2D eigenvalue weighted by Crippen LogP contribution is 2.19. The van der Waals surface area contributed by atoms with Gasteiger partial charge in [-0.2, -0.15) is 0 Å². The summed E-state index contributed by atoms with van der Waals surface area (Å²) in [5.74, 6) is 0.554. The Bertz CT molecular complexity index is 499. The number of hydrogen-bond donors (Lipinski definition) is 0. The largest absolute Gasteiger partial charge is 0.472 e. The number of aromatic nitrogens is 2. The van der Waals surface area contributed by atoms with Gasteiger partial charge in [-0.1, -0.05) is 0 Å². The van der Waals surface area contributed by atoms with Gasteiger partial charge >= 0.3 is 6.09 Å². The van der Waals surface area contributed by atoms with Crippen molar-refractivity contribution in [2.24, 2.45) is 0 Å². The smallest absolute Gasteiger partial charge is 0.410 e. The van der Waals surface area contributed by atoms with Crippen LogP contribution in [0, 0.1) is 6.92 Å². The summed E-state index contributed by atoms with van der Waals surface area (Å²) < 4.78 is 11.2. The van der Waals surface area contributed by atoms with Gasteiger partial charge in [-0.3, -0.25) is 0 Å². The Hall–Kier alpha value is -1.85. The highest BCUT2D eigenvalue weighted by Gasteiger charge is 2.28. The van der Waals surface area contributed by atoms with Crippen molar-refractivity contribution in [3.05, 3.63) is 18.1 Å². The van der Waals surface area contributed by atoms with Crippen molar-refractivity contribution < 1.29 is 14.3 Å². The first kappa shape index (κ1) is 15.5. The maximum Gasteiger partial charge on any atom is 0.410 e. The number of aryl methyl sites for hydroxylation is 1. The highest BCUT2D eigenvalue weighted by atomic mass is 16.6. The Balaban J connectivity index is 1.93. The second kappa shape index (κ2) is 6.28. The molecule has 1 aliphatic heterocycles. The maximum absolute atomic E-state index is 12.1. The lowest BCUT2D eigenvalue weighted by atomic mass is 10.1. The van der Waals surface area contributed by atoms with Crippen molar-refractivity contribution in [2.75, 3.05) is 13.1 Å². The summed E-state index contributed by atoms with van der Waals surface area (Å²) in [5.41, 5.74) is 0.383. The average Bonchev–Trinajstić information content (AvgIpc) is 2.37. The number of amides is 1. The standard InChI is InChI=1S/C15H23N3O3/c1-11-8-13(17-10-16-11)20-12-6-5-7-18(9-12)14(19)21-15(2,3)4/h8,10,12H,5-7,9H2,1-4H3. The number of carbonyl (C=O) groups is 1. The Morgan fingerprint density at radius 3 is 2.81 bits per heavy atom. The summed E-state index contributed by atoms with van der Waals surface area (Å²) in [6, 6.07) is 1.80. The third-order valence-corrected chi connectivity index (χ3v) is 3.10. The molecule has 1 unspecified atom stereocenters.